The predicted octanol–water partition coefficient (Wildman–Crippen LogP) is 2.98. The van der Waals surface area contributed by atoms with Gasteiger partial charge in [0.05, 0.1) is 11.9 Å². The van der Waals surface area contributed by atoms with Gasteiger partial charge in [0.1, 0.15) is 5.82 Å². The standard InChI is InChI=1S/C17H23N5/c18-13-6-7-14(10-13)20-17-11-15(12-4-2-1-3-5-12)21-16-8-9-19-22(16)17/h4,8-9,11,13-14,20H,1-3,5-7,10,18H2/t13-,14-/m0/s1. The lowest BCUT2D eigenvalue weighted by atomic mass is 9.97. The van der Waals surface area contributed by atoms with Crippen LogP contribution >= 0.6 is 0 Å². The molecule has 0 aliphatic heterocycles. The molecule has 5 heteroatoms. The maximum absolute atomic E-state index is 6.03. The molecule has 116 valence electrons. The van der Waals surface area contributed by atoms with Gasteiger partial charge in [-0.1, -0.05) is 6.08 Å². The number of allylic oxidation sites excluding steroid dienone is 2. The third kappa shape index (κ3) is 2.61. The first-order valence-electron chi connectivity index (χ1n) is 8.36. The minimum atomic E-state index is 0.327. The van der Waals surface area contributed by atoms with Crippen LogP contribution in [0.2, 0.25) is 0 Å². The van der Waals surface area contributed by atoms with Gasteiger partial charge in [-0.3, -0.25) is 0 Å². The van der Waals surface area contributed by atoms with Gasteiger partial charge in [0, 0.05) is 24.2 Å². The molecule has 5 nitrogen and oxygen atoms in total. The van der Waals surface area contributed by atoms with Crippen LogP contribution < -0.4 is 11.1 Å². The smallest absolute Gasteiger partial charge is 0.157 e. The lowest BCUT2D eigenvalue weighted by Gasteiger charge is -2.17. The van der Waals surface area contributed by atoms with Gasteiger partial charge in [-0.2, -0.15) is 9.61 Å². The highest BCUT2D eigenvalue weighted by Gasteiger charge is 2.22. The van der Waals surface area contributed by atoms with E-state index in [1.165, 1.54) is 24.8 Å². The van der Waals surface area contributed by atoms with Crippen molar-refractivity contribution in [2.45, 2.75) is 57.0 Å². The van der Waals surface area contributed by atoms with Crippen LogP contribution in [0, 0.1) is 0 Å². The van der Waals surface area contributed by atoms with Gasteiger partial charge in [-0.05, 0) is 50.5 Å². The molecule has 22 heavy (non-hydrogen) atoms. The molecule has 2 heterocycles. The monoisotopic (exact) mass is 297 g/mol. The van der Waals surface area contributed by atoms with Crippen molar-refractivity contribution in [3.8, 4) is 0 Å². The van der Waals surface area contributed by atoms with Crippen molar-refractivity contribution in [2.75, 3.05) is 5.32 Å². The SMILES string of the molecule is N[C@H]1CC[C@H](Nc2cc(C3=CCCCC3)nc3ccnn23)C1. The van der Waals surface area contributed by atoms with Gasteiger partial charge in [-0.25, -0.2) is 4.98 Å². The Labute approximate surface area is 130 Å². The molecule has 2 aromatic heterocycles. The van der Waals surface area contributed by atoms with E-state index in [1.54, 1.807) is 0 Å². The summed E-state index contributed by atoms with van der Waals surface area (Å²) >= 11 is 0. The summed E-state index contributed by atoms with van der Waals surface area (Å²) in [6, 6.07) is 4.89. The quantitative estimate of drug-likeness (QED) is 0.914. The molecular formula is C17H23N5. The number of fused-ring (bicyclic) bond motifs is 1. The van der Waals surface area contributed by atoms with E-state index in [4.69, 9.17) is 10.7 Å². The molecule has 0 saturated heterocycles. The Hall–Kier alpha value is -1.88. The minimum absolute atomic E-state index is 0.327. The zero-order valence-corrected chi connectivity index (χ0v) is 12.8. The summed E-state index contributed by atoms with van der Waals surface area (Å²) in [6.07, 6.45) is 12.3. The molecule has 1 fully saturated rings. The Kier molecular flexibility index (Phi) is 3.58. The Morgan fingerprint density at radius 3 is 3.00 bits per heavy atom. The van der Waals surface area contributed by atoms with E-state index in [2.05, 4.69) is 22.6 Å². The Morgan fingerprint density at radius 2 is 2.23 bits per heavy atom. The Balaban J connectivity index is 1.69. The van der Waals surface area contributed by atoms with Crippen molar-refractivity contribution in [2.24, 2.45) is 5.73 Å². The second kappa shape index (κ2) is 5.72. The highest BCUT2D eigenvalue weighted by atomic mass is 15.3. The maximum atomic E-state index is 6.03. The van der Waals surface area contributed by atoms with E-state index in [1.807, 2.05) is 16.8 Å². The zero-order valence-electron chi connectivity index (χ0n) is 12.8. The average Bonchev–Trinajstić information content (AvgIpc) is 3.17. The van der Waals surface area contributed by atoms with Crippen LogP contribution in [0.4, 0.5) is 5.82 Å². The molecule has 0 bridgehead atoms. The van der Waals surface area contributed by atoms with Gasteiger partial charge in [0.2, 0.25) is 0 Å². The molecule has 0 unspecified atom stereocenters. The third-order valence-electron chi connectivity index (χ3n) is 4.80. The fraction of sp³-hybridized carbons (Fsp3) is 0.529. The predicted molar refractivity (Wildman–Crippen MR) is 88.7 cm³/mol. The van der Waals surface area contributed by atoms with E-state index in [-0.39, 0.29) is 0 Å². The largest absolute Gasteiger partial charge is 0.367 e. The molecule has 0 amide bonds. The highest BCUT2D eigenvalue weighted by molar-refractivity contribution is 5.68. The van der Waals surface area contributed by atoms with Crippen LogP contribution in [0.1, 0.15) is 50.6 Å². The lowest BCUT2D eigenvalue weighted by Crippen LogP contribution is -2.22. The second-order valence-electron chi connectivity index (χ2n) is 6.52. The molecule has 4 rings (SSSR count). The van der Waals surface area contributed by atoms with Crippen LogP contribution in [0.5, 0.6) is 0 Å². The second-order valence-corrected chi connectivity index (χ2v) is 6.52. The number of anilines is 1. The van der Waals surface area contributed by atoms with E-state index >= 15 is 0 Å². The summed E-state index contributed by atoms with van der Waals surface area (Å²) in [6.45, 7) is 0. The Bertz CT molecular complexity index is 702. The van der Waals surface area contributed by atoms with E-state index in [0.717, 1.165) is 42.8 Å². The summed E-state index contributed by atoms with van der Waals surface area (Å²) in [5, 5.41) is 8.04. The van der Waals surface area contributed by atoms with Crippen LogP contribution in [0.25, 0.3) is 11.2 Å². The van der Waals surface area contributed by atoms with Gasteiger partial charge >= 0.3 is 0 Å². The summed E-state index contributed by atoms with van der Waals surface area (Å²) in [7, 11) is 0. The molecule has 0 aromatic carbocycles. The number of rotatable bonds is 3. The highest BCUT2D eigenvalue weighted by Crippen LogP contribution is 2.29. The first-order valence-corrected chi connectivity index (χ1v) is 8.36. The first-order chi connectivity index (χ1) is 10.8. The van der Waals surface area contributed by atoms with Crippen molar-refractivity contribution in [3.05, 3.63) is 30.1 Å². The van der Waals surface area contributed by atoms with E-state index in [9.17, 15) is 0 Å². The van der Waals surface area contributed by atoms with Crippen LogP contribution in [-0.2, 0) is 0 Å². The van der Waals surface area contributed by atoms with Crippen molar-refractivity contribution in [3.63, 3.8) is 0 Å². The number of nitrogens with one attached hydrogen (secondary N) is 1. The van der Waals surface area contributed by atoms with E-state index in [0.29, 0.717) is 12.1 Å². The molecule has 0 radical (unpaired) electrons. The molecular weight excluding hydrogens is 274 g/mol. The summed E-state index contributed by atoms with van der Waals surface area (Å²) in [5.74, 6) is 1.04. The van der Waals surface area contributed by atoms with Crippen LogP contribution in [-0.4, -0.2) is 26.7 Å². The van der Waals surface area contributed by atoms with E-state index < -0.39 is 0 Å². The fourth-order valence-electron chi connectivity index (χ4n) is 3.61. The molecule has 3 N–H and O–H groups in total. The number of aromatic nitrogens is 3. The first kappa shape index (κ1) is 13.8. The third-order valence-corrected chi connectivity index (χ3v) is 4.80. The normalized spacial score (nSPS) is 25.4. The number of nitrogens with two attached hydrogens (primary N) is 1. The fourth-order valence-corrected chi connectivity index (χ4v) is 3.61. The summed E-state index contributed by atoms with van der Waals surface area (Å²) < 4.78 is 1.90. The summed E-state index contributed by atoms with van der Waals surface area (Å²) in [4.78, 5) is 4.78. The van der Waals surface area contributed by atoms with Gasteiger partial charge < -0.3 is 11.1 Å². The van der Waals surface area contributed by atoms with Crippen molar-refractivity contribution < 1.29 is 0 Å². The van der Waals surface area contributed by atoms with Crippen molar-refractivity contribution in [1.29, 1.82) is 0 Å². The molecule has 0 spiro atoms. The number of nitrogens with zero attached hydrogens (tertiary/aromatic N) is 3. The van der Waals surface area contributed by atoms with Crippen molar-refractivity contribution in [1.82, 2.24) is 14.6 Å². The molecule has 1 saturated carbocycles. The molecule has 2 atom stereocenters. The average molecular weight is 297 g/mol. The lowest BCUT2D eigenvalue weighted by molar-refractivity contribution is 0.684. The number of hydrogen-bond donors (Lipinski definition) is 2. The van der Waals surface area contributed by atoms with Crippen LogP contribution in [0.15, 0.2) is 24.4 Å². The summed E-state index contributed by atoms with van der Waals surface area (Å²) in [5.41, 5.74) is 9.42. The maximum Gasteiger partial charge on any atom is 0.157 e. The zero-order chi connectivity index (χ0) is 14.9. The minimum Gasteiger partial charge on any atom is -0.367 e. The topological polar surface area (TPSA) is 68.2 Å². The Morgan fingerprint density at radius 1 is 1.27 bits per heavy atom. The van der Waals surface area contributed by atoms with Crippen molar-refractivity contribution >= 4 is 17.0 Å². The molecule has 2 aliphatic rings. The molecule has 2 aliphatic carbocycles. The number of hydrogen-bond acceptors (Lipinski definition) is 4. The van der Waals surface area contributed by atoms with Gasteiger partial charge in [-0.15, -0.1) is 0 Å². The van der Waals surface area contributed by atoms with Gasteiger partial charge in [0.15, 0.2) is 5.65 Å². The molecule has 2 aromatic rings. The van der Waals surface area contributed by atoms with Crippen LogP contribution in [0.3, 0.4) is 0 Å². The van der Waals surface area contributed by atoms with Gasteiger partial charge in [0.25, 0.3) is 0 Å².